The Balaban J connectivity index is 1.38. The van der Waals surface area contributed by atoms with Crippen LogP contribution in [0.1, 0.15) is 25.0 Å². The van der Waals surface area contributed by atoms with Crippen molar-refractivity contribution < 1.29 is 0 Å². The number of benzene rings is 6. The maximum absolute atomic E-state index is 5.18. The molecule has 0 amide bonds. The van der Waals surface area contributed by atoms with Crippen molar-refractivity contribution in [2.24, 2.45) is 0 Å². The Hall–Kier alpha value is -5.28. The van der Waals surface area contributed by atoms with E-state index in [-0.39, 0.29) is 5.41 Å². The molecule has 3 heteroatoms. The summed E-state index contributed by atoms with van der Waals surface area (Å²) in [5.74, 6) is 0.691. The molecule has 198 valence electrons. The molecule has 2 heterocycles. The van der Waals surface area contributed by atoms with Crippen molar-refractivity contribution in [3.8, 4) is 28.2 Å². The van der Waals surface area contributed by atoms with E-state index in [1.165, 1.54) is 60.4 Å². The normalized spacial score (nSPS) is 13.7. The first-order valence-corrected chi connectivity index (χ1v) is 14.5. The predicted molar refractivity (Wildman–Crippen MR) is 174 cm³/mol. The highest BCUT2D eigenvalue weighted by Gasteiger charge is 2.37. The van der Waals surface area contributed by atoms with E-state index in [1.807, 2.05) is 12.3 Å². The molecule has 0 fully saturated rings. The Morgan fingerprint density at radius 3 is 2.31 bits per heavy atom. The van der Waals surface area contributed by atoms with Gasteiger partial charge in [-0.3, -0.25) is 4.57 Å². The number of hydrogen-bond donors (Lipinski definition) is 0. The molecule has 0 atom stereocenters. The zero-order valence-electron chi connectivity index (χ0n) is 23.5. The Morgan fingerprint density at radius 1 is 0.619 bits per heavy atom. The summed E-state index contributed by atoms with van der Waals surface area (Å²) in [4.78, 5) is 10.2. The zero-order chi connectivity index (χ0) is 28.0. The summed E-state index contributed by atoms with van der Waals surface area (Å²) >= 11 is 0. The average molecular weight is 538 g/mol. The maximum Gasteiger partial charge on any atom is 0.235 e. The second-order valence-electron chi connectivity index (χ2n) is 11.9. The summed E-state index contributed by atoms with van der Waals surface area (Å²) in [7, 11) is 0. The molecule has 2 aromatic heterocycles. The van der Waals surface area contributed by atoms with Crippen molar-refractivity contribution in [1.29, 1.82) is 0 Å². The minimum Gasteiger partial charge on any atom is -0.277 e. The topological polar surface area (TPSA) is 30.7 Å². The van der Waals surface area contributed by atoms with E-state index in [4.69, 9.17) is 9.97 Å². The van der Waals surface area contributed by atoms with Crippen LogP contribution < -0.4 is 0 Å². The first-order valence-electron chi connectivity index (χ1n) is 14.5. The predicted octanol–water partition coefficient (Wildman–Crippen LogP) is 9.85. The quantitative estimate of drug-likeness (QED) is 0.220. The molecule has 3 nitrogen and oxygen atoms in total. The molecule has 0 spiro atoms. The maximum atomic E-state index is 5.18. The lowest BCUT2D eigenvalue weighted by atomic mass is 9.82. The molecule has 0 saturated carbocycles. The molecule has 8 aromatic rings. The molecular weight excluding hydrogens is 510 g/mol. The van der Waals surface area contributed by atoms with Gasteiger partial charge >= 0.3 is 0 Å². The number of para-hydroxylation sites is 1. The van der Waals surface area contributed by atoms with Crippen LogP contribution >= 0.6 is 0 Å². The van der Waals surface area contributed by atoms with Crippen LogP contribution in [0.15, 0.2) is 128 Å². The SMILES string of the molecule is CC1(C)c2ccccc2-c2c1ccc1ccc3c4ccccc4n(-c4ncc5cc(-c6ccccc6)ccc5n4)c3c21. The third-order valence-corrected chi connectivity index (χ3v) is 9.24. The van der Waals surface area contributed by atoms with Gasteiger partial charge in [0.05, 0.1) is 16.6 Å². The Morgan fingerprint density at radius 2 is 1.40 bits per heavy atom. The fraction of sp³-hybridized carbons (Fsp3) is 0.0769. The van der Waals surface area contributed by atoms with Crippen LogP contribution in [0.2, 0.25) is 0 Å². The first-order chi connectivity index (χ1) is 20.6. The van der Waals surface area contributed by atoms with Gasteiger partial charge in [0.15, 0.2) is 0 Å². The van der Waals surface area contributed by atoms with Crippen LogP contribution in [0.4, 0.5) is 0 Å². The van der Waals surface area contributed by atoms with Crippen LogP contribution in [0.25, 0.3) is 71.7 Å². The summed E-state index contributed by atoms with van der Waals surface area (Å²) in [5.41, 5.74) is 10.9. The van der Waals surface area contributed by atoms with E-state index in [0.29, 0.717) is 5.95 Å². The van der Waals surface area contributed by atoms with E-state index >= 15 is 0 Å². The van der Waals surface area contributed by atoms with Gasteiger partial charge in [-0.15, -0.1) is 0 Å². The van der Waals surface area contributed by atoms with Crippen molar-refractivity contribution in [2.75, 3.05) is 0 Å². The van der Waals surface area contributed by atoms with Crippen molar-refractivity contribution in [2.45, 2.75) is 19.3 Å². The van der Waals surface area contributed by atoms with Crippen molar-refractivity contribution in [1.82, 2.24) is 14.5 Å². The minimum atomic E-state index is -0.0744. The lowest BCUT2D eigenvalue weighted by molar-refractivity contribution is 0.661. The first kappa shape index (κ1) is 23.4. The van der Waals surface area contributed by atoms with Gasteiger partial charge in [-0.2, -0.15) is 0 Å². The number of hydrogen-bond acceptors (Lipinski definition) is 2. The van der Waals surface area contributed by atoms with E-state index in [2.05, 4.69) is 134 Å². The van der Waals surface area contributed by atoms with Crippen LogP contribution in [-0.4, -0.2) is 14.5 Å². The van der Waals surface area contributed by atoms with Crippen LogP contribution in [0.3, 0.4) is 0 Å². The van der Waals surface area contributed by atoms with Gasteiger partial charge in [0.1, 0.15) is 0 Å². The molecule has 0 saturated heterocycles. The van der Waals surface area contributed by atoms with Gasteiger partial charge < -0.3 is 0 Å². The zero-order valence-corrected chi connectivity index (χ0v) is 23.5. The van der Waals surface area contributed by atoms with Crippen LogP contribution in [-0.2, 0) is 5.41 Å². The third kappa shape index (κ3) is 3.11. The Kier molecular flexibility index (Phi) is 4.67. The van der Waals surface area contributed by atoms with Crippen molar-refractivity contribution in [3.05, 3.63) is 139 Å². The largest absolute Gasteiger partial charge is 0.277 e. The van der Waals surface area contributed by atoms with Gasteiger partial charge in [0.25, 0.3) is 0 Å². The fourth-order valence-corrected chi connectivity index (χ4v) is 7.21. The second-order valence-corrected chi connectivity index (χ2v) is 11.9. The average Bonchev–Trinajstić information content (AvgIpc) is 3.50. The highest BCUT2D eigenvalue weighted by Crippen LogP contribution is 2.53. The Labute approximate surface area is 243 Å². The smallest absolute Gasteiger partial charge is 0.235 e. The van der Waals surface area contributed by atoms with Crippen LogP contribution in [0, 0.1) is 0 Å². The van der Waals surface area contributed by atoms with Crippen LogP contribution in [0.5, 0.6) is 0 Å². The molecule has 6 aromatic carbocycles. The molecule has 42 heavy (non-hydrogen) atoms. The molecule has 0 unspecified atom stereocenters. The standard InChI is InChI=1S/C39H27N3/c1-39(2)31-14-8-6-13-30(31)36-32(39)20-17-25-16-19-29-28-12-7-9-15-34(28)42(37(29)35(25)36)38-40-23-27-22-26(18-21-33(27)41-38)24-10-4-3-5-11-24/h3-23H,1-2H3. The number of rotatable bonds is 2. The van der Waals surface area contributed by atoms with E-state index in [0.717, 1.165) is 16.4 Å². The van der Waals surface area contributed by atoms with Gasteiger partial charge in [-0.25, -0.2) is 9.97 Å². The van der Waals surface area contributed by atoms with E-state index < -0.39 is 0 Å². The van der Waals surface area contributed by atoms with E-state index in [9.17, 15) is 0 Å². The monoisotopic (exact) mass is 537 g/mol. The van der Waals surface area contributed by atoms with Gasteiger partial charge in [-0.05, 0) is 57.0 Å². The molecule has 0 aliphatic heterocycles. The van der Waals surface area contributed by atoms with Crippen molar-refractivity contribution in [3.63, 3.8) is 0 Å². The fourth-order valence-electron chi connectivity index (χ4n) is 7.21. The lowest BCUT2D eigenvalue weighted by Crippen LogP contribution is -2.14. The van der Waals surface area contributed by atoms with Gasteiger partial charge in [0, 0.05) is 33.2 Å². The highest BCUT2D eigenvalue weighted by atomic mass is 15.2. The molecule has 9 rings (SSSR count). The Bertz CT molecular complexity index is 2380. The number of fused-ring (bicyclic) bond motifs is 10. The minimum absolute atomic E-state index is 0.0744. The second kappa shape index (κ2) is 8.37. The molecule has 0 radical (unpaired) electrons. The molecule has 1 aliphatic carbocycles. The number of aromatic nitrogens is 3. The molecule has 1 aliphatic rings. The summed E-state index contributed by atoms with van der Waals surface area (Å²) < 4.78 is 2.28. The lowest BCUT2D eigenvalue weighted by Gasteiger charge is -2.21. The van der Waals surface area contributed by atoms with Gasteiger partial charge in [-0.1, -0.05) is 117 Å². The molecular formula is C39H27N3. The molecule has 0 bridgehead atoms. The summed E-state index contributed by atoms with van der Waals surface area (Å²) in [6.07, 6.45) is 1.97. The highest BCUT2D eigenvalue weighted by molar-refractivity contribution is 6.23. The van der Waals surface area contributed by atoms with E-state index in [1.54, 1.807) is 0 Å². The van der Waals surface area contributed by atoms with Gasteiger partial charge in [0.2, 0.25) is 5.95 Å². The summed E-state index contributed by atoms with van der Waals surface area (Å²) in [5, 5.41) is 5.95. The van der Waals surface area contributed by atoms with Crippen molar-refractivity contribution >= 4 is 43.5 Å². The third-order valence-electron chi connectivity index (χ3n) is 9.24. The summed E-state index contributed by atoms with van der Waals surface area (Å²) in [6, 6.07) is 43.6. The number of nitrogens with zero attached hydrogens (tertiary/aromatic N) is 3. The molecule has 0 N–H and O–H groups in total. The summed E-state index contributed by atoms with van der Waals surface area (Å²) in [6.45, 7) is 4.69.